The highest BCUT2D eigenvalue weighted by molar-refractivity contribution is 5.76. The van der Waals surface area contributed by atoms with Crippen LogP contribution in [-0.4, -0.2) is 46.1 Å². The Morgan fingerprint density at radius 3 is 1.00 bits per heavy atom. The van der Waals surface area contributed by atoms with Gasteiger partial charge in [-0.05, 0) is 44.9 Å². The largest absolute Gasteiger partial charge is 0.394 e. The van der Waals surface area contributed by atoms with Gasteiger partial charge in [0.15, 0.2) is 0 Å². The van der Waals surface area contributed by atoms with Crippen LogP contribution in [-0.2, 0) is 4.79 Å². The van der Waals surface area contributed by atoms with Gasteiger partial charge in [-0.1, -0.05) is 289 Å². The van der Waals surface area contributed by atoms with E-state index >= 15 is 0 Å². The Hall–Kier alpha value is -1.17. The molecule has 0 saturated carbocycles. The normalized spacial score (nSPS) is 13.4. The number of nitrogens with one attached hydrogen (secondary N) is 1. The molecule has 5 heteroatoms. The zero-order chi connectivity index (χ0) is 45.8. The molecule has 0 radical (unpaired) electrons. The van der Waals surface area contributed by atoms with Gasteiger partial charge in [-0.25, -0.2) is 0 Å². The number of allylic oxidation sites excluding steroid dienone is 4. The summed E-state index contributed by atoms with van der Waals surface area (Å²) in [6.07, 6.45) is 67.6. The Morgan fingerprint density at radius 2 is 0.683 bits per heavy atom. The zero-order valence-corrected chi connectivity index (χ0v) is 42.7. The minimum absolute atomic E-state index is 0.0331. The molecule has 0 saturated heterocycles. The van der Waals surface area contributed by atoms with Crippen molar-refractivity contribution in [3.63, 3.8) is 0 Å². The van der Waals surface area contributed by atoms with Crippen molar-refractivity contribution in [3.8, 4) is 0 Å². The van der Waals surface area contributed by atoms with Gasteiger partial charge in [0, 0.05) is 0 Å². The van der Waals surface area contributed by atoms with E-state index in [0.29, 0.717) is 12.8 Å². The van der Waals surface area contributed by atoms with Gasteiger partial charge in [-0.3, -0.25) is 4.79 Å². The summed E-state index contributed by atoms with van der Waals surface area (Å²) in [6.45, 7) is 4.30. The fourth-order valence-corrected chi connectivity index (χ4v) is 9.14. The van der Waals surface area contributed by atoms with Crippen molar-refractivity contribution < 1.29 is 20.1 Å². The molecular formula is C58H113NO4. The molecule has 0 aliphatic rings. The van der Waals surface area contributed by atoms with Crippen LogP contribution in [0.25, 0.3) is 0 Å². The van der Waals surface area contributed by atoms with Crippen LogP contribution >= 0.6 is 0 Å². The minimum Gasteiger partial charge on any atom is -0.394 e. The van der Waals surface area contributed by atoms with E-state index in [9.17, 15) is 20.1 Å². The Labute approximate surface area is 394 Å². The first-order valence-corrected chi connectivity index (χ1v) is 28.6. The third-order valence-corrected chi connectivity index (χ3v) is 13.5. The van der Waals surface area contributed by atoms with Crippen molar-refractivity contribution in [3.05, 3.63) is 24.3 Å². The van der Waals surface area contributed by atoms with Crippen molar-refractivity contribution in [2.24, 2.45) is 0 Å². The van der Waals surface area contributed by atoms with Crippen LogP contribution in [0.1, 0.15) is 316 Å². The highest BCUT2D eigenvalue weighted by atomic mass is 16.3. The molecule has 374 valence electrons. The molecule has 0 fully saturated rings. The lowest BCUT2D eigenvalue weighted by molar-refractivity contribution is -0.125. The lowest BCUT2D eigenvalue weighted by atomic mass is 10.0. The first-order chi connectivity index (χ1) is 31.0. The maximum atomic E-state index is 12.5. The molecule has 0 aromatic heterocycles. The van der Waals surface area contributed by atoms with Crippen LogP contribution in [0.2, 0.25) is 0 Å². The van der Waals surface area contributed by atoms with Gasteiger partial charge in [0.1, 0.15) is 0 Å². The molecule has 0 bridgehead atoms. The van der Waals surface area contributed by atoms with Crippen LogP contribution in [0.4, 0.5) is 0 Å². The summed E-state index contributed by atoms with van der Waals surface area (Å²) in [7, 11) is 0. The Bertz CT molecular complexity index is 936. The smallest absolute Gasteiger partial charge is 0.222 e. The molecule has 4 N–H and O–H groups in total. The second kappa shape index (κ2) is 53.4. The number of carbonyl (C=O) groups excluding carboxylic acids is 1. The number of unbranched alkanes of at least 4 members (excludes halogenated alkanes) is 40. The fourth-order valence-electron chi connectivity index (χ4n) is 9.14. The van der Waals surface area contributed by atoms with Gasteiger partial charge in [0.25, 0.3) is 0 Å². The molecule has 0 aromatic carbocycles. The quantitative estimate of drug-likeness (QED) is 0.0362. The van der Waals surface area contributed by atoms with E-state index in [4.69, 9.17) is 0 Å². The number of hydrogen-bond donors (Lipinski definition) is 4. The predicted molar refractivity (Wildman–Crippen MR) is 278 cm³/mol. The molecular weight excluding hydrogens is 775 g/mol. The van der Waals surface area contributed by atoms with E-state index in [1.165, 1.54) is 250 Å². The van der Waals surface area contributed by atoms with Crippen molar-refractivity contribution >= 4 is 5.91 Å². The van der Waals surface area contributed by atoms with Crippen LogP contribution in [0.3, 0.4) is 0 Å². The van der Waals surface area contributed by atoms with Gasteiger partial charge in [0.05, 0.1) is 31.3 Å². The first kappa shape index (κ1) is 61.8. The lowest BCUT2D eigenvalue weighted by Crippen LogP contribution is -2.46. The summed E-state index contributed by atoms with van der Waals surface area (Å²) in [5, 5.41) is 33.7. The summed E-state index contributed by atoms with van der Waals surface area (Å²) in [5.41, 5.74) is 0. The van der Waals surface area contributed by atoms with Gasteiger partial charge < -0.3 is 20.6 Å². The van der Waals surface area contributed by atoms with Crippen molar-refractivity contribution in [2.75, 3.05) is 6.61 Å². The number of amides is 1. The summed E-state index contributed by atoms with van der Waals surface area (Å²) >= 11 is 0. The molecule has 0 spiro atoms. The third kappa shape index (κ3) is 50.1. The van der Waals surface area contributed by atoms with Gasteiger partial charge in [0.2, 0.25) is 5.91 Å². The number of aliphatic hydroxyl groups is 3. The van der Waals surface area contributed by atoms with Crippen molar-refractivity contribution in [1.82, 2.24) is 5.32 Å². The number of hydrogen-bond acceptors (Lipinski definition) is 4. The topological polar surface area (TPSA) is 89.8 Å². The average Bonchev–Trinajstić information content (AvgIpc) is 3.28. The molecule has 1 amide bonds. The Kier molecular flexibility index (Phi) is 52.5. The average molecular weight is 889 g/mol. The first-order valence-electron chi connectivity index (χ1n) is 28.6. The summed E-state index contributed by atoms with van der Waals surface area (Å²) in [4.78, 5) is 12.5. The molecule has 3 unspecified atom stereocenters. The summed E-state index contributed by atoms with van der Waals surface area (Å²) in [6, 6.07) is -0.661. The summed E-state index contributed by atoms with van der Waals surface area (Å²) < 4.78 is 0. The fraction of sp³-hybridized carbons (Fsp3) is 0.914. The van der Waals surface area contributed by atoms with Gasteiger partial charge in [-0.2, -0.15) is 0 Å². The maximum absolute atomic E-state index is 12.5. The highest BCUT2D eigenvalue weighted by Gasteiger charge is 2.21. The second-order valence-corrected chi connectivity index (χ2v) is 19.9. The standard InChI is InChI=1S/C58H113NO4/c1-3-5-7-9-11-13-15-17-19-21-23-25-27-28-30-32-34-36-38-40-42-44-46-48-50-52-57(62)56(54-60)59-58(63)53-55(61)51-49-47-45-43-41-39-37-35-33-31-29-26-24-22-20-18-16-14-12-10-8-6-4-2/h24,26,31,33,55-57,60-62H,3-23,25,27-30,32,34-54H2,1-2H3,(H,59,63)/b26-24-,33-31-. The van der Waals surface area contributed by atoms with Crippen LogP contribution in [0, 0.1) is 0 Å². The number of rotatable bonds is 53. The van der Waals surface area contributed by atoms with E-state index in [-0.39, 0.29) is 18.9 Å². The molecule has 0 aliphatic heterocycles. The molecule has 3 atom stereocenters. The molecule has 0 heterocycles. The van der Waals surface area contributed by atoms with Crippen molar-refractivity contribution in [1.29, 1.82) is 0 Å². The van der Waals surface area contributed by atoms with Crippen LogP contribution in [0.5, 0.6) is 0 Å². The molecule has 0 aromatic rings. The highest BCUT2D eigenvalue weighted by Crippen LogP contribution is 2.18. The third-order valence-electron chi connectivity index (χ3n) is 13.5. The zero-order valence-electron chi connectivity index (χ0n) is 42.7. The lowest BCUT2D eigenvalue weighted by Gasteiger charge is -2.23. The van der Waals surface area contributed by atoms with Crippen molar-refractivity contribution in [2.45, 2.75) is 334 Å². The predicted octanol–water partition coefficient (Wildman–Crippen LogP) is 17.7. The molecule has 0 rings (SSSR count). The molecule has 5 nitrogen and oxygen atoms in total. The second-order valence-electron chi connectivity index (χ2n) is 19.9. The van der Waals surface area contributed by atoms with E-state index < -0.39 is 18.2 Å². The Morgan fingerprint density at radius 1 is 0.397 bits per heavy atom. The van der Waals surface area contributed by atoms with E-state index in [1.807, 2.05) is 0 Å². The van der Waals surface area contributed by atoms with E-state index in [2.05, 4.69) is 43.5 Å². The van der Waals surface area contributed by atoms with Crippen LogP contribution in [0.15, 0.2) is 24.3 Å². The van der Waals surface area contributed by atoms with Gasteiger partial charge >= 0.3 is 0 Å². The number of aliphatic hydroxyl groups excluding tert-OH is 3. The number of carbonyl (C=O) groups is 1. The molecule has 63 heavy (non-hydrogen) atoms. The van der Waals surface area contributed by atoms with E-state index in [1.54, 1.807) is 0 Å². The maximum Gasteiger partial charge on any atom is 0.222 e. The van der Waals surface area contributed by atoms with E-state index in [0.717, 1.165) is 32.1 Å². The van der Waals surface area contributed by atoms with Crippen LogP contribution < -0.4 is 5.32 Å². The minimum atomic E-state index is -0.752. The molecule has 0 aliphatic carbocycles. The SMILES string of the molecule is CCCCCCCCCCC/C=C\C/C=C\CCCCCCCCCC(O)CC(=O)NC(CO)C(O)CCCCCCCCCCCCCCCCCCCCCCCCCCC. The summed E-state index contributed by atoms with van der Waals surface area (Å²) in [5.74, 6) is -0.283. The van der Waals surface area contributed by atoms with Gasteiger partial charge in [-0.15, -0.1) is 0 Å². The monoisotopic (exact) mass is 888 g/mol. The Balaban J connectivity index is 3.54.